The molecule has 680 valence electrons. The van der Waals surface area contributed by atoms with Crippen molar-refractivity contribution >= 4 is 31.7 Å². The van der Waals surface area contributed by atoms with Crippen molar-refractivity contribution in [3.63, 3.8) is 0 Å². The maximum absolute atomic E-state index is 14.9. The number of aliphatic hydroxyl groups excluding tert-OH is 9. The SMILES string of the molecule is CCCCCC/C=C\CCCCCCCCCC(=O)OC(COC(=O)CCCCC/C=C\CCCCCCCC)COP(=O)(O)OC1C(OC2OC(CO)C(O)C(O)C2O)C(O)C(O)C(OC(=O)CCCCCCCCCCCCCCC)C1OC1OC(COC(=O)CCCCCCCCCCCCCCCCCC)C(O)C(O)C1O. The molecule has 25 nitrogen and oxygen atoms in total. The van der Waals surface area contributed by atoms with E-state index in [0.717, 1.165) is 141 Å². The highest BCUT2D eigenvalue weighted by molar-refractivity contribution is 7.47. The fourth-order valence-electron chi connectivity index (χ4n) is 15.2. The molecular formula is C90H165O25P. The van der Waals surface area contributed by atoms with Crippen molar-refractivity contribution in [2.75, 3.05) is 26.4 Å². The van der Waals surface area contributed by atoms with Crippen LogP contribution in [0.2, 0.25) is 0 Å². The van der Waals surface area contributed by atoms with Crippen molar-refractivity contribution in [2.24, 2.45) is 0 Å². The predicted octanol–water partition coefficient (Wildman–Crippen LogP) is 16.9. The van der Waals surface area contributed by atoms with Gasteiger partial charge >= 0.3 is 31.7 Å². The summed E-state index contributed by atoms with van der Waals surface area (Å²) in [5.74, 6) is -2.98. The highest BCUT2D eigenvalue weighted by Gasteiger charge is 2.60. The first-order chi connectivity index (χ1) is 56.2. The predicted molar refractivity (Wildman–Crippen MR) is 449 cm³/mol. The zero-order valence-electron chi connectivity index (χ0n) is 72.3. The van der Waals surface area contributed by atoms with Crippen molar-refractivity contribution in [2.45, 2.75) is 498 Å². The Morgan fingerprint density at radius 1 is 0.336 bits per heavy atom. The van der Waals surface area contributed by atoms with Gasteiger partial charge in [-0.3, -0.25) is 28.2 Å². The number of unbranched alkanes of at least 4 members (excludes halogenated alkanes) is 47. The molecule has 0 aromatic rings. The Hall–Kier alpha value is -3.05. The third-order valence-corrected chi connectivity index (χ3v) is 23.7. The van der Waals surface area contributed by atoms with E-state index in [2.05, 4.69) is 52.0 Å². The molecule has 2 saturated heterocycles. The summed E-state index contributed by atoms with van der Waals surface area (Å²) in [4.78, 5) is 66.4. The second-order valence-corrected chi connectivity index (χ2v) is 34.6. The van der Waals surface area contributed by atoms with Gasteiger partial charge in [0.25, 0.3) is 0 Å². The average Bonchev–Trinajstić information content (AvgIpc) is 0.754. The van der Waals surface area contributed by atoms with Crippen LogP contribution in [0.15, 0.2) is 24.3 Å². The van der Waals surface area contributed by atoms with Crippen LogP contribution in [0.1, 0.15) is 394 Å². The third kappa shape index (κ3) is 49.3. The van der Waals surface area contributed by atoms with Gasteiger partial charge < -0.3 is 88.7 Å². The van der Waals surface area contributed by atoms with Gasteiger partial charge in [-0.1, -0.05) is 315 Å². The summed E-state index contributed by atoms with van der Waals surface area (Å²) < 4.78 is 73.3. The van der Waals surface area contributed by atoms with E-state index in [4.69, 9.17) is 46.9 Å². The Bertz CT molecular complexity index is 2510. The van der Waals surface area contributed by atoms with Gasteiger partial charge in [-0.25, -0.2) is 4.57 Å². The number of aliphatic hydroxyl groups is 9. The summed E-state index contributed by atoms with van der Waals surface area (Å²) >= 11 is 0. The summed E-state index contributed by atoms with van der Waals surface area (Å²) in [6, 6.07) is 0. The number of phosphoric acid groups is 1. The monoisotopic (exact) mass is 1680 g/mol. The molecule has 1 aliphatic carbocycles. The van der Waals surface area contributed by atoms with E-state index in [9.17, 15) is 74.6 Å². The first-order valence-corrected chi connectivity index (χ1v) is 48.1. The fraction of sp³-hybridized carbons (Fsp3) is 0.911. The minimum absolute atomic E-state index is 0.0134. The molecule has 18 unspecified atom stereocenters. The van der Waals surface area contributed by atoms with Crippen LogP contribution in [-0.4, -0.2) is 205 Å². The standard InChI is InChI=1S/C90H165O25P/c1-5-9-13-17-21-25-29-33-35-37-40-43-47-51-55-59-63-74(93)107-69-72-78(97)80(99)84(103)90(111-72)114-87-85(112-76(95)65-61-57-53-49-44-39-32-28-24-20-16-12-8-4)81(100)82(101)86(113-89-83(102)79(98)77(96)71(66-91)110-89)88(87)115-116(104,105)108-68-70(67-106-73(92)62-58-54-50-46-42-38-31-27-23-19-15-11-7-3)109-75(94)64-60-56-52-48-45-41-36-34-30-26-22-18-14-10-6-2/h26,30,38,42,70-72,77-91,96-103H,5-25,27-29,31-37,39-41,43-69H2,1-4H3,(H,104,105)/b30-26-,42-38-. The highest BCUT2D eigenvalue weighted by atomic mass is 31.2. The van der Waals surface area contributed by atoms with Gasteiger partial charge in [-0.2, -0.15) is 0 Å². The Labute approximate surface area is 698 Å². The minimum atomic E-state index is -5.81. The molecule has 0 radical (unpaired) electrons. The second-order valence-electron chi connectivity index (χ2n) is 33.2. The first kappa shape index (κ1) is 107. The number of phosphoric ester groups is 1. The second kappa shape index (κ2) is 69.4. The molecule has 10 N–H and O–H groups in total. The zero-order chi connectivity index (χ0) is 84.7. The zero-order valence-corrected chi connectivity index (χ0v) is 73.2. The molecule has 18 atom stereocenters. The normalized spacial score (nSPS) is 25.2. The average molecular weight is 1680 g/mol. The van der Waals surface area contributed by atoms with Gasteiger partial charge in [-0.05, 0) is 77.0 Å². The molecule has 0 amide bonds. The molecule has 26 heteroatoms. The van der Waals surface area contributed by atoms with Gasteiger partial charge in [0.1, 0.15) is 92.6 Å². The Balaban J connectivity index is 1.92. The van der Waals surface area contributed by atoms with Crippen molar-refractivity contribution in [1.29, 1.82) is 0 Å². The summed E-state index contributed by atoms with van der Waals surface area (Å²) in [6.07, 6.45) is 28.9. The van der Waals surface area contributed by atoms with Gasteiger partial charge in [-0.15, -0.1) is 0 Å². The van der Waals surface area contributed by atoms with Crippen LogP contribution in [0.5, 0.6) is 0 Å². The molecule has 0 spiro atoms. The highest BCUT2D eigenvalue weighted by Crippen LogP contribution is 2.49. The number of rotatable bonds is 75. The lowest BCUT2D eigenvalue weighted by molar-refractivity contribution is -0.360. The number of ether oxygens (including phenoxy) is 8. The number of carbonyl (C=O) groups excluding carboxylic acids is 4. The number of esters is 4. The Morgan fingerprint density at radius 3 is 1.04 bits per heavy atom. The van der Waals surface area contributed by atoms with Crippen LogP contribution in [0.4, 0.5) is 0 Å². The molecule has 3 aliphatic rings. The lowest BCUT2D eigenvalue weighted by Crippen LogP contribution is -2.70. The molecule has 2 heterocycles. The van der Waals surface area contributed by atoms with E-state index in [1.165, 1.54) is 161 Å². The molecule has 2 aliphatic heterocycles. The van der Waals surface area contributed by atoms with E-state index in [1.807, 2.05) is 0 Å². The van der Waals surface area contributed by atoms with Crippen LogP contribution < -0.4 is 0 Å². The van der Waals surface area contributed by atoms with Crippen molar-refractivity contribution in [3.05, 3.63) is 24.3 Å². The number of carbonyl (C=O) groups is 4. The first-order valence-electron chi connectivity index (χ1n) is 46.6. The van der Waals surface area contributed by atoms with Gasteiger partial charge in [0.15, 0.2) is 24.8 Å². The summed E-state index contributed by atoms with van der Waals surface area (Å²) in [6.45, 7) is 5.56. The maximum atomic E-state index is 14.9. The molecule has 116 heavy (non-hydrogen) atoms. The third-order valence-electron chi connectivity index (χ3n) is 22.7. The summed E-state index contributed by atoms with van der Waals surface area (Å²) in [5, 5.41) is 102. The van der Waals surface area contributed by atoms with Gasteiger partial charge in [0.05, 0.1) is 13.2 Å². The largest absolute Gasteiger partial charge is 0.472 e. The van der Waals surface area contributed by atoms with Crippen LogP contribution in [0.3, 0.4) is 0 Å². The van der Waals surface area contributed by atoms with Gasteiger partial charge in [0, 0.05) is 25.7 Å². The van der Waals surface area contributed by atoms with Crippen LogP contribution in [0.25, 0.3) is 0 Å². The van der Waals surface area contributed by atoms with E-state index in [0.29, 0.717) is 38.5 Å². The molecule has 0 aromatic heterocycles. The molecular weight excluding hydrogens is 1510 g/mol. The number of hydrogen-bond donors (Lipinski definition) is 10. The number of allylic oxidation sites excluding steroid dienone is 4. The fourth-order valence-corrected chi connectivity index (χ4v) is 16.2. The van der Waals surface area contributed by atoms with Crippen molar-refractivity contribution in [1.82, 2.24) is 0 Å². The smallest absolute Gasteiger partial charge is 0.463 e. The van der Waals surface area contributed by atoms with E-state index in [1.54, 1.807) is 0 Å². The Kier molecular flexibility index (Phi) is 64.1. The molecule has 0 aromatic carbocycles. The number of hydrogen-bond acceptors (Lipinski definition) is 24. The molecule has 0 bridgehead atoms. The summed E-state index contributed by atoms with van der Waals surface area (Å²) in [7, 11) is -5.81. The Morgan fingerprint density at radius 2 is 0.647 bits per heavy atom. The lowest BCUT2D eigenvalue weighted by atomic mass is 9.84. The minimum Gasteiger partial charge on any atom is -0.463 e. The maximum Gasteiger partial charge on any atom is 0.472 e. The lowest BCUT2D eigenvalue weighted by Gasteiger charge is -2.50. The van der Waals surface area contributed by atoms with Crippen LogP contribution >= 0.6 is 7.82 Å². The molecule has 3 rings (SSSR count). The van der Waals surface area contributed by atoms with E-state index in [-0.39, 0.29) is 25.7 Å². The van der Waals surface area contributed by atoms with E-state index >= 15 is 0 Å². The quantitative estimate of drug-likeness (QED) is 0.00889. The van der Waals surface area contributed by atoms with Gasteiger partial charge in [0.2, 0.25) is 0 Å². The topological polar surface area (TPSA) is 380 Å². The molecule has 3 fully saturated rings. The van der Waals surface area contributed by atoms with Crippen LogP contribution in [0, 0.1) is 0 Å². The van der Waals surface area contributed by atoms with E-state index < -0.39 is 162 Å². The molecule has 1 saturated carbocycles. The summed E-state index contributed by atoms with van der Waals surface area (Å²) in [5.41, 5.74) is 0. The van der Waals surface area contributed by atoms with Crippen LogP contribution in [-0.2, 0) is 70.7 Å². The van der Waals surface area contributed by atoms with Crippen molar-refractivity contribution < 1.29 is 122 Å². The van der Waals surface area contributed by atoms with Crippen molar-refractivity contribution in [3.8, 4) is 0 Å².